The average molecular weight is 212 g/mol. The molecule has 1 aliphatic heterocycles. The zero-order valence-corrected chi connectivity index (χ0v) is 8.85. The molecule has 1 nitrogen and oxygen atoms in total. The van der Waals surface area contributed by atoms with Crippen LogP contribution in [0.4, 0.5) is 4.39 Å². The number of hydrogen-bond acceptors (Lipinski definition) is 2. The number of thioether (sulfide) groups is 1. The van der Waals surface area contributed by atoms with Gasteiger partial charge in [-0.25, -0.2) is 4.39 Å². The Bertz CT molecular complexity index is 342. The molecule has 14 heavy (non-hydrogen) atoms. The van der Waals surface area contributed by atoms with E-state index in [0.29, 0.717) is 11.3 Å². The Morgan fingerprint density at radius 2 is 2.21 bits per heavy atom. The van der Waals surface area contributed by atoms with E-state index < -0.39 is 5.60 Å². The van der Waals surface area contributed by atoms with Crippen molar-refractivity contribution >= 4 is 11.8 Å². The summed E-state index contributed by atoms with van der Waals surface area (Å²) in [4.78, 5) is 0. The Labute approximate surface area is 87.3 Å². The molecule has 0 aromatic heterocycles. The quantitative estimate of drug-likeness (QED) is 0.771. The summed E-state index contributed by atoms with van der Waals surface area (Å²) in [6.45, 7) is 1.96. The van der Waals surface area contributed by atoms with Crippen molar-refractivity contribution in [1.29, 1.82) is 0 Å². The van der Waals surface area contributed by atoms with Crippen molar-refractivity contribution < 1.29 is 9.50 Å². The van der Waals surface area contributed by atoms with Crippen LogP contribution in [0.2, 0.25) is 0 Å². The molecule has 2 atom stereocenters. The summed E-state index contributed by atoms with van der Waals surface area (Å²) in [5.74, 6) is 1.30. The second kappa shape index (κ2) is 3.55. The molecule has 0 bridgehead atoms. The van der Waals surface area contributed by atoms with Crippen molar-refractivity contribution in [2.75, 3.05) is 11.5 Å². The van der Waals surface area contributed by atoms with Gasteiger partial charge in [0, 0.05) is 11.3 Å². The Kier molecular flexibility index (Phi) is 2.54. The van der Waals surface area contributed by atoms with Crippen molar-refractivity contribution in [3.8, 4) is 0 Å². The molecular formula is C11H13FOS. The summed E-state index contributed by atoms with van der Waals surface area (Å²) in [7, 11) is 0. The first-order valence-electron chi connectivity index (χ1n) is 4.70. The van der Waals surface area contributed by atoms with Crippen molar-refractivity contribution in [2.24, 2.45) is 5.92 Å². The van der Waals surface area contributed by atoms with Crippen LogP contribution >= 0.6 is 11.8 Å². The van der Waals surface area contributed by atoms with E-state index in [1.807, 2.05) is 6.92 Å². The van der Waals surface area contributed by atoms with Gasteiger partial charge in [0.1, 0.15) is 11.4 Å². The van der Waals surface area contributed by atoms with Gasteiger partial charge in [-0.3, -0.25) is 0 Å². The van der Waals surface area contributed by atoms with E-state index >= 15 is 0 Å². The van der Waals surface area contributed by atoms with Gasteiger partial charge >= 0.3 is 0 Å². The smallest absolute Gasteiger partial charge is 0.129 e. The third kappa shape index (κ3) is 1.44. The highest BCUT2D eigenvalue weighted by Gasteiger charge is 2.41. The number of aliphatic hydroxyl groups is 1. The second-order valence-electron chi connectivity index (χ2n) is 3.82. The summed E-state index contributed by atoms with van der Waals surface area (Å²) in [6.07, 6.45) is 0. The molecular weight excluding hydrogens is 199 g/mol. The van der Waals surface area contributed by atoms with Crippen LogP contribution < -0.4 is 0 Å². The zero-order chi connectivity index (χ0) is 10.2. The third-order valence-corrected chi connectivity index (χ3v) is 4.23. The molecule has 2 unspecified atom stereocenters. The highest BCUT2D eigenvalue weighted by atomic mass is 32.2. The molecule has 0 radical (unpaired) electrons. The lowest BCUT2D eigenvalue weighted by molar-refractivity contribution is 0.0200. The minimum absolute atomic E-state index is 0.115. The number of rotatable bonds is 1. The maximum Gasteiger partial charge on any atom is 0.129 e. The highest BCUT2D eigenvalue weighted by molar-refractivity contribution is 7.99. The lowest BCUT2D eigenvalue weighted by Gasteiger charge is -2.27. The Morgan fingerprint density at radius 1 is 1.50 bits per heavy atom. The van der Waals surface area contributed by atoms with Crippen molar-refractivity contribution in [1.82, 2.24) is 0 Å². The van der Waals surface area contributed by atoms with Gasteiger partial charge in [-0.1, -0.05) is 25.1 Å². The van der Waals surface area contributed by atoms with Crippen molar-refractivity contribution in [2.45, 2.75) is 12.5 Å². The van der Waals surface area contributed by atoms with Gasteiger partial charge in [0.15, 0.2) is 0 Å². The van der Waals surface area contributed by atoms with Crippen LogP contribution in [0.5, 0.6) is 0 Å². The number of benzene rings is 1. The minimum Gasteiger partial charge on any atom is -0.384 e. The van der Waals surface area contributed by atoms with E-state index in [9.17, 15) is 9.50 Å². The Balaban J connectivity index is 2.43. The first-order valence-corrected chi connectivity index (χ1v) is 5.85. The molecule has 1 aromatic carbocycles. The van der Waals surface area contributed by atoms with E-state index in [1.54, 1.807) is 30.0 Å². The van der Waals surface area contributed by atoms with Gasteiger partial charge in [-0.05, 0) is 17.7 Å². The van der Waals surface area contributed by atoms with E-state index in [-0.39, 0.29) is 11.7 Å². The van der Waals surface area contributed by atoms with Gasteiger partial charge in [0.05, 0.1) is 0 Å². The first-order chi connectivity index (χ1) is 6.64. The number of hydrogen-bond donors (Lipinski definition) is 1. The molecule has 1 saturated heterocycles. The molecule has 0 saturated carbocycles. The molecule has 3 heteroatoms. The Morgan fingerprint density at radius 3 is 2.79 bits per heavy atom. The van der Waals surface area contributed by atoms with Crippen LogP contribution in [0.25, 0.3) is 0 Å². The molecule has 1 fully saturated rings. The van der Waals surface area contributed by atoms with Crippen LogP contribution in [0.3, 0.4) is 0 Å². The van der Waals surface area contributed by atoms with E-state index in [4.69, 9.17) is 0 Å². The lowest BCUT2D eigenvalue weighted by Crippen LogP contribution is -2.33. The third-order valence-electron chi connectivity index (χ3n) is 2.85. The molecule has 0 aliphatic carbocycles. The summed E-state index contributed by atoms with van der Waals surface area (Å²) >= 11 is 1.68. The van der Waals surface area contributed by atoms with Gasteiger partial charge in [0.25, 0.3) is 0 Å². The predicted molar refractivity (Wildman–Crippen MR) is 56.8 cm³/mol. The van der Waals surface area contributed by atoms with Crippen LogP contribution in [0.15, 0.2) is 24.3 Å². The molecule has 1 N–H and O–H groups in total. The van der Waals surface area contributed by atoms with Crippen LogP contribution in [-0.4, -0.2) is 16.6 Å². The van der Waals surface area contributed by atoms with Crippen LogP contribution in [0, 0.1) is 11.7 Å². The SMILES string of the molecule is CC1CSCC1(O)c1ccccc1F. The fraction of sp³-hybridized carbons (Fsp3) is 0.455. The molecule has 1 aliphatic rings. The summed E-state index contributed by atoms with van der Waals surface area (Å²) in [5, 5.41) is 10.4. The molecule has 1 heterocycles. The Hall–Kier alpha value is -0.540. The van der Waals surface area contributed by atoms with Gasteiger partial charge in [-0.2, -0.15) is 11.8 Å². The van der Waals surface area contributed by atoms with E-state index in [2.05, 4.69) is 0 Å². The fourth-order valence-corrected chi connectivity index (χ4v) is 3.33. The zero-order valence-electron chi connectivity index (χ0n) is 8.03. The van der Waals surface area contributed by atoms with Crippen molar-refractivity contribution in [3.63, 3.8) is 0 Å². The van der Waals surface area contributed by atoms with Gasteiger partial charge < -0.3 is 5.11 Å². The number of halogens is 1. The summed E-state index contributed by atoms with van der Waals surface area (Å²) in [5.41, 5.74) is -0.534. The van der Waals surface area contributed by atoms with Crippen molar-refractivity contribution in [3.05, 3.63) is 35.6 Å². The van der Waals surface area contributed by atoms with Gasteiger partial charge in [0.2, 0.25) is 0 Å². The summed E-state index contributed by atoms with van der Waals surface area (Å²) < 4.78 is 13.5. The molecule has 0 amide bonds. The molecule has 2 rings (SSSR count). The maximum atomic E-state index is 13.5. The van der Waals surface area contributed by atoms with Crippen LogP contribution in [0.1, 0.15) is 12.5 Å². The second-order valence-corrected chi connectivity index (χ2v) is 4.85. The lowest BCUT2D eigenvalue weighted by atomic mass is 9.85. The highest BCUT2D eigenvalue weighted by Crippen LogP contribution is 2.41. The molecule has 1 aromatic rings. The standard InChI is InChI=1S/C11H13FOS/c1-8-6-14-7-11(8,13)9-4-2-3-5-10(9)12/h2-5,8,13H,6-7H2,1H3. The maximum absolute atomic E-state index is 13.5. The fourth-order valence-electron chi connectivity index (χ4n) is 1.83. The van der Waals surface area contributed by atoms with E-state index in [1.165, 1.54) is 6.07 Å². The monoisotopic (exact) mass is 212 g/mol. The van der Waals surface area contributed by atoms with Crippen LogP contribution in [-0.2, 0) is 5.60 Å². The van der Waals surface area contributed by atoms with E-state index in [0.717, 1.165) is 5.75 Å². The topological polar surface area (TPSA) is 20.2 Å². The summed E-state index contributed by atoms with van der Waals surface area (Å²) in [6, 6.07) is 6.50. The first kappa shape index (κ1) is 9.99. The normalized spacial score (nSPS) is 32.1. The molecule has 76 valence electrons. The molecule has 0 spiro atoms. The predicted octanol–water partition coefficient (Wildman–Crippen LogP) is 2.40. The van der Waals surface area contributed by atoms with Gasteiger partial charge in [-0.15, -0.1) is 0 Å². The minimum atomic E-state index is -0.976. The largest absolute Gasteiger partial charge is 0.384 e. The average Bonchev–Trinajstić information content (AvgIpc) is 2.49.